The van der Waals surface area contributed by atoms with Crippen molar-refractivity contribution < 1.29 is 9.21 Å². The number of benzene rings is 1. The second-order valence-corrected chi connectivity index (χ2v) is 5.90. The number of amides is 1. The first-order valence-corrected chi connectivity index (χ1v) is 7.66. The molecule has 0 spiro atoms. The van der Waals surface area contributed by atoms with Gasteiger partial charge in [-0.2, -0.15) is 0 Å². The molecule has 1 aliphatic rings. The van der Waals surface area contributed by atoms with Crippen LogP contribution in [0.5, 0.6) is 0 Å². The maximum absolute atomic E-state index is 12.2. The SMILES string of the molecule is Cc1ccc2c(CC(=O)NN3CCCCC3)coc2c1C. The number of rotatable bonds is 3. The summed E-state index contributed by atoms with van der Waals surface area (Å²) in [6, 6.07) is 4.13. The fraction of sp³-hybridized carbons (Fsp3) is 0.471. The van der Waals surface area contributed by atoms with Crippen molar-refractivity contribution >= 4 is 16.9 Å². The van der Waals surface area contributed by atoms with E-state index in [4.69, 9.17) is 4.42 Å². The van der Waals surface area contributed by atoms with E-state index in [0.29, 0.717) is 6.42 Å². The van der Waals surface area contributed by atoms with Gasteiger partial charge in [-0.1, -0.05) is 18.6 Å². The maximum atomic E-state index is 12.2. The average Bonchev–Trinajstić information content (AvgIpc) is 2.87. The van der Waals surface area contributed by atoms with Gasteiger partial charge in [0.05, 0.1) is 12.7 Å². The second-order valence-electron chi connectivity index (χ2n) is 5.90. The molecule has 1 aliphatic heterocycles. The molecule has 1 aromatic heterocycles. The summed E-state index contributed by atoms with van der Waals surface area (Å²) in [6.45, 7) is 6.03. The molecular formula is C17H22N2O2. The summed E-state index contributed by atoms with van der Waals surface area (Å²) in [5.74, 6) is 0.0397. The van der Waals surface area contributed by atoms with Crippen molar-refractivity contribution in [3.8, 4) is 0 Å². The van der Waals surface area contributed by atoms with E-state index >= 15 is 0 Å². The molecule has 0 atom stereocenters. The van der Waals surface area contributed by atoms with Crippen LogP contribution in [-0.2, 0) is 11.2 Å². The van der Waals surface area contributed by atoms with Gasteiger partial charge in [0.2, 0.25) is 5.91 Å². The van der Waals surface area contributed by atoms with Crippen LogP contribution in [0.1, 0.15) is 36.0 Å². The summed E-state index contributed by atoms with van der Waals surface area (Å²) >= 11 is 0. The van der Waals surface area contributed by atoms with Crippen molar-refractivity contribution in [3.63, 3.8) is 0 Å². The largest absolute Gasteiger partial charge is 0.464 e. The zero-order valence-corrected chi connectivity index (χ0v) is 12.7. The van der Waals surface area contributed by atoms with Crippen LogP contribution in [0.15, 0.2) is 22.8 Å². The third-order valence-corrected chi connectivity index (χ3v) is 4.33. The van der Waals surface area contributed by atoms with Gasteiger partial charge < -0.3 is 4.42 Å². The monoisotopic (exact) mass is 286 g/mol. The molecule has 2 aromatic rings. The Hall–Kier alpha value is -1.81. The van der Waals surface area contributed by atoms with Crippen LogP contribution in [-0.4, -0.2) is 24.0 Å². The molecule has 0 unspecified atom stereocenters. The quantitative estimate of drug-likeness (QED) is 0.943. The highest BCUT2D eigenvalue weighted by Gasteiger charge is 2.16. The lowest BCUT2D eigenvalue weighted by Gasteiger charge is -2.26. The zero-order valence-electron chi connectivity index (χ0n) is 12.7. The Morgan fingerprint density at radius 1 is 1.24 bits per heavy atom. The molecule has 1 amide bonds. The van der Waals surface area contributed by atoms with Gasteiger partial charge in [0.25, 0.3) is 0 Å². The van der Waals surface area contributed by atoms with Crippen LogP contribution in [0.25, 0.3) is 11.0 Å². The van der Waals surface area contributed by atoms with E-state index in [2.05, 4.69) is 25.3 Å². The normalized spacial score (nSPS) is 16.3. The van der Waals surface area contributed by atoms with Crippen molar-refractivity contribution in [2.45, 2.75) is 39.5 Å². The van der Waals surface area contributed by atoms with Gasteiger partial charge in [-0.3, -0.25) is 10.2 Å². The van der Waals surface area contributed by atoms with Gasteiger partial charge in [-0.05, 0) is 37.8 Å². The van der Waals surface area contributed by atoms with Crippen molar-refractivity contribution in [3.05, 3.63) is 35.1 Å². The average molecular weight is 286 g/mol. The molecule has 0 aliphatic carbocycles. The predicted octanol–water partition coefficient (Wildman–Crippen LogP) is 3.11. The van der Waals surface area contributed by atoms with Crippen molar-refractivity contribution in [1.29, 1.82) is 0 Å². The molecule has 112 valence electrons. The Morgan fingerprint density at radius 3 is 2.76 bits per heavy atom. The minimum absolute atomic E-state index is 0.0397. The Balaban J connectivity index is 1.72. The fourth-order valence-electron chi connectivity index (χ4n) is 2.92. The first-order valence-electron chi connectivity index (χ1n) is 7.66. The lowest BCUT2D eigenvalue weighted by Crippen LogP contribution is -2.45. The molecule has 1 saturated heterocycles. The Labute approximate surface area is 125 Å². The van der Waals surface area contributed by atoms with Crippen LogP contribution in [0.2, 0.25) is 0 Å². The summed E-state index contributed by atoms with van der Waals surface area (Å²) < 4.78 is 5.66. The van der Waals surface area contributed by atoms with Crippen LogP contribution in [0.3, 0.4) is 0 Å². The van der Waals surface area contributed by atoms with Gasteiger partial charge in [-0.25, -0.2) is 5.01 Å². The number of carbonyl (C=O) groups is 1. The third kappa shape index (κ3) is 2.95. The number of piperidine rings is 1. The summed E-state index contributed by atoms with van der Waals surface area (Å²) in [4.78, 5) is 12.2. The first-order chi connectivity index (χ1) is 10.1. The van der Waals surface area contributed by atoms with E-state index in [0.717, 1.165) is 48.0 Å². The third-order valence-electron chi connectivity index (χ3n) is 4.33. The number of furan rings is 1. The highest BCUT2D eigenvalue weighted by atomic mass is 16.3. The van der Waals surface area contributed by atoms with Gasteiger partial charge >= 0.3 is 0 Å². The predicted molar refractivity (Wildman–Crippen MR) is 83.0 cm³/mol. The van der Waals surface area contributed by atoms with E-state index in [1.165, 1.54) is 12.0 Å². The molecule has 3 rings (SSSR count). The number of hydrogen-bond acceptors (Lipinski definition) is 3. The highest BCUT2D eigenvalue weighted by Crippen LogP contribution is 2.26. The van der Waals surface area contributed by atoms with Gasteiger partial charge in [0.15, 0.2) is 0 Å². The molecule has 0 bridgehead atoms. The number of hydrogen-bond donors (Lipinski definition) is 1. The number of carbonyl (C=O) groups excluding carboxylic acids is 1. The van der Waals surface area contributed by atoms with Crippen LogP contribution in [0, 0.1) is 13.8 Å². The van der Waals surface area contributed by atoms with Crippen molar-refractivity contribution in [1.82, 2.24) is 10.4 Å². The van der Waals surface area contributed by atoms with E-state index in [1.807, 2.05) is 11.1 Å². The van der Waals surface area contributed by atoms with Crippen LogP contribution < -0.4 is 5.43 Å². The molecule has 1 aromatic carbocycles. The van der Waals surface area contributed by atoms with Crippen molar-refractivity contribution in [2.24, 2.45) is 0 Å². The second kappa shape index (κ2) is 5.90. The van der Waals surface area contributed by atoms with E-state index in [9.17, 15) is 4.79 Å². The molecule has 21 heavy (non-hydrogen) atoms. The highest BCUT2D eigenvalue weighted by molar-refractivity contribution is 5.89. The molecule has 4 nitrogen and oxygen atoms in total. The smallest absolute Gasteiger partial charge is 0.238 e. The number of fused-ring (bicyclic) bond motifs is 1. The van der Waals surface area contributed by atoms with Crippen molar-refractivity contribution in [2.75, 3.05) is 13.1 Å². The minimum atomic E-state index is 0.0397. The lowest BCUT2D eigenvalue weighted by molar-refractivity contribution is -0.125. The zero-order chi connectivity index (χ0) is 14.8. The van der Waals surface area contributed by atoms with Crippen LogP contribution >= 0.6 is 0 Å². The molecule has 2 heterocycles. The van der Waals surface area contributed by atoms with E-state index in [-0.39, 0.29) is 5.91 Å². The van der Waals surface area contributed by atoms with Gasteiger partial charge in [0, 0.05) is 24.0 Å². The summed E-state index contributed by atoms with van der Waals surface area (Å²) in [5, 5.41) is 3.08. The minimum Gasteiger partial charge on any atom is -0.464 e. The van der Waals surface area contributed by atoms with Gasteiger partial charge in [0.1, 0.15) is 5.58 Å². The molecule has 0 saturated carbocycles. The standard InChI is InChI=1S/C17H22N2O2/c1-12-6-7-15-14(11-21-17(15)13(12)2)10-16(20)18-19-8-4-3-5-9-19/h6-7,11H,3-5,8-10H2,1-2H3,(H,18,20). The van der Waals surface area contributed by atoms with Gasteiger partial charge in [-0.15, -0.1) is 0 Å². The first kappa shape index (κ1) is 14.1. The Kier molecular flexibility index (Phi) is 3.97. The molecule has 1 N–H and O–H groups in total. The summed E-state index contributed by atoms with van der Waals surface area (Å²) in [7, 11) is 0. The number of nitrogens with one attached hydrogen (secondary N) is 1. The number of nitrogens with zero attached hydrogens (tertiary/aromatic N) is 1. The Bertz CT molecular complexity index is 654. The molecule has 0 radical (unpaired) electrons. The molecular weight excluding hydrogens is 264 g/mol. The van der Waals surface area contributed by atoms with Crippen LogP contribution in [0.4, 0.5) is 0 Å². The molecule has 4 heteroatoms. The fourth-order valence-corrected chi connectivity index (χ4v) is 2.92. The summed E-state index contributed by atoms with van der Waals surface area (Å²) in [5.41, 5.74) is 7.22. The van der Waals surface area contributed by atoms with E-state index < -0.39 is 0 Å². The number of aryl methyl sites for hydroxylation is 2. The topological polar surface area (TPSA) is 45.5 Å². The summed E-state index contributed by atoms with van der Waals surface area (Å²) in [6.07, 6.45) is 5.66. The Morgan fingerprint density at radius 2 is 2.00 bits per heavy atom. The number of hydrazine groups is 1. The molecule has 1 fully saturated rings. The van der Waals surface area contributed by atoms with E-state index in [1.54, 1.807) is 6.26 Å². The maximum Gasteiger partial charge on any atom is 0.238 e. The lowest BCUT2D eigenvalue weighted by atomic mass is 10.0.